The van der Waals surface area contributed by atoms with Crippen molar-refractivity contribution in [2.75, 3.05) is 0 Å². The Kier molecular flexibility index (Phi) is 3.99. The van der Waals surface area contributed by atoms with E-state index >= 15 is 0 Å². The van der Waals surface area contributed by atoms with Crippen molar-refractivity contribution in [3.05, 3.63) is 64.2 Å². The number of nitrogens with zero attached hydrogens (tertiary/aromatic N) is 1. The van der Waals surface area contributed by atoms with Crippen LogP contribution in [0.25, 0.3) is 0 Å². The predicted molar refractivity (Wildman–Crippen MR) is 71.3 cm³/mol. The molecule has 4 heteroatoms. The van der Waals surface area contributed by atoms with Gasteiger partial charge in [0.15, 0.2) is 11.6 Å². The van der Waals surface area contributed by atoms with E-state index < -0.39 is 11.6 Å². The second-order valence-corrected chi connectivity index (χ2v) is 4.55. The fourth-order valence-corrected chi connectivity index (χ4v) is 2.05. The molecule has 0 aliphatic rings. The Labute approximate surface area is 116 Å². The maximum absolute atomic E-state index is 13.5. The van der Waals surface area contributed by atoms with E-state index in [0.717, 1.165) is 17.2 Å². The van der Waals surface area contributed by atoms with Crippen LogP contribution in [0, 0.1) is 36.8 Å². The molecule has 0 N–H and O–H groups in total. The molecule has 0 heterocycles. The van der Waals surface area contributed by atoms with Gasteiger partial charge in [-0.15, -0.1) is 0 Å². The number of hydrogen-bond acceptors (Lipinski definition) is 2. The smallest absolute Gasteiger partial charge is 0.165 e. The van der Waals surface area contributed by atoms with Crippen LogP contribution in [0.1, 0.15) is 22.3 Å². The Morgan fingerprint density at radius 1 is 1.15 bits per heavy atom. The lowest BCUT2D eigenvalue weighted by Gasteiger charge is -2.13. The van der Waals surface area contributed by atoms with E-state index in [9.17, 15) is 8.78 Å². The van der Waals surface area contributed by atoms with Crippen LogP contribution in [0.4, 0.5) is 8.78 Å². The zero-order chi connectivity index (χ0) is 14.7. The zero-order valence-electron chi connectivity index (χ0n) is 11.2. The molecular formula is C16H13F2NO. The lowest BCUT2D eigenvalue weighted by atomic mass is 10.1. The van der Waals surface area contributed by atoms with E-state index in [0.29, 0.717) is 11.3 Å². The second kappa shape index (κ2) is 5.70. The molecule has 0 saturated carbocycles. The number of benzene rings is 2. The summed E-state index contributed by atoms with van der Waals surface area (Å²) in [5.41, 5.74) is 2.29. The van der Waals surface area contributed by atoms with Crippen molar-refractivity contribution in [2.24, 2.45) is 0 Å². The Morgan fingerprint density at radius 3 is 2.40 bits per heavy atom. The summed E-state index contributed by atoms with van der Waals surface area (Å²) < 4.78 is 32.2. The van der Waals surface area contributed by atoms with Gasteiger partial charge < -0.3 is 4.74 Å². The van der Waals surface area contributed by atoms with E-state index in [1.165, 1.54) is 12.1 Å². The van der Waals surface area contributed by atoms with E-state index in [4.69, 9.17) is 10.00 Å². The van der Waals surface area contributed by atoms with Crippen molar-refractivity contribution in [1.29, 1.82) is 5.26 Å². The van der Waals surface area contributed by atoms with Crippen molar-refractivity contribution in [3.63, 3.8) is 0 Å². The third-order valence-corrected chi connectivity index (χ3v) is 2.99. The number of ether oxygens (including phenoxy) is 1. The van der Waals surface area contributed by atoms with Crippen molar-refractivity contribution < 1.29 is 13.5 Å². The SMILES string of the molecule is Cc1cc(C#N)cc(C)c1OCc1cccc(F)c1F. The first kappa shape index (κ1) is 14.0. The normalized spacial score (nSPS) is 10.2. The van der Waals surface area contributed by atoms with Crippen molar-refractivity contribution in [1.82, 2.24) is 0 Å². The molecule has 2 aromatic carbocycles. The zero-order valence-corrected chi connectivity index (χ0v) is 11.2. The molecule has 102 valence electrons. The lowest BCUT2D eigenvalue weighted by Crippen LogP contribution is -2.03. The standard InChI is InChI=1S/C16H13F2NO/c1-10-6-12(8-19)7-11(2)16(10)20-9-13-4-3-5-14(17)15(13)18/h3-7H,9H2,1-2H3. The Morgan fingerprint density at radius 2 is 1.80 bits per heavy atom. The van der Waals surface area contributed by atoms with Gasteiger partial charge in [0.05, 0.1) is 11.6 Å². The summed E-state index contributed by atoms with van der Waals surface area (Å²) in [6.45, 7) is 3.56. The van der Waals surface area contributed by atoms with Gasteiger partial charge in [-0.3, -0.25) is 0 Å². The number of hydrogen-bond donors (Lipinski definition) is 0. The Balaban J connectivity index is 2.24. The highest BCUT2D eigenvalue weighted by atomic mass is 19.2. The molecule has 0 saturated heterocycles. The average molecular weight is 273 g/mol. The second-order valence-electron chi connectivity index (χ2n) is 4.55. The third kappa shape index (κ3) is 2.77. The highest BCUT2D eigenvalue weighted by molar-refractivity contribution is 5.47. The van der Waals surface area contributed by atoms with Crippen LogP contribution in [0.15, 0.2) is 30.3 Å². The van der Waals surface area contributed by atoms with Gasteiger partial charge in [-0.2, -0.15) is 5.26 Å². The maximum Gasteiger partial charge on any atom is 0.165 e. The molecule has 0 bridgehead atoms. The molecule has 0 radical (unpaired) electrons. The van der Waals surface area contributed by atoms with E-state index in [1.807, 2.05) is 13.8 Å². The summed E-state index contributed by atoms with van der Waals surface area (Å²) >= 11 is 0. The number of rotatable bonds is 3. The van der Waals surface area contributed by atoms with Crippen LogP contribution in [0.3, 0.4) is 0 Å². The largest absolute Gasteiger partial charge is 0.488 e. The van der Waals surface area contributed by atoms with Gasteiger partial charge in [-0.25, -0.2) is 8.78 Å². The van der Waals surface area contributed by atoms with Gasteiger partial charge in [-0.1, -0.05) is 12.1 Å². The molecule has 2 nitrogen and oxygen atoms in total. The van der Waals surface area contributed by atoms with Gasteiger partial charge >= 0.3 is 0 Å². The van der Waals surface area contributed by atoms with Gasteiger partial charge in [-0.05, 0) is 43.2 Å². The lowest BCUT2D eigenvalue weighted by molar-refractivity contribution is 0.293. The third-order valence-electron chi connectivity index (χ3n) is 2.99. The first-order chi connectivity index (χ1) is 9.52. The van der Waals surface area contributed by atoms with Crippen LogP contribution in [-0.4, -0.2) is 0 Å². The van der Waals surface area contributed by atoms with Crippen molar-refractivity contribution >= 4 is 0 Å². The first-order valence-electron chi connectivity index (χ1n) is 6.10. The molecule has 0 spiro atoms. The first-order valence-corrected chi connectivity index (χ1v) is 6.10. The summed E-state index contributed by atoms with van der Waals surface area (Å²) in [5.74, 6) is -1.19. The quantitative estimate of drug-likeness (QED) is 0.845. The minimum Gasteiger partial charge on any atom is -0.488 e. The molecule has 0 atom stereocenters. The summed E-state index contributed by atoms with van der Waals surface area (Å²) in [7, 11) is 0. The molecule has 2 rings (SSSR count). The van der Waals surface area contributed by atoms with Crippen LogP contribution < -0.4 is 4.74 Å². The molecule has 0 aliphatic heterocycles. The van der Waals surface area contributed by atoms with Gasteiger partial charge in [0.25, 0.3) is 0 Å². The average Bonchev–Trinajstić information content (AvgIpc) is 2.42. The minimum atomic E-state index is -0.892. The maximum atomic E-state index is 13.5. The molecular weight excluding hydrogens is 260 g/mol. The predicted octanol–water partition coefficient (Wildman–Crippen LogP) is 4.03. The Bertz CT molecular complexity index is 666. The fourth-order valence-electron chi connectivity index (χ4n) is 2.05. The highest BCUT2D eigenvalue weighted by Crippen LogP contribution is 2.26. The van der Waals surface area contributed by atoms with Crippen LogP contribution in [0.2, 0.25) is 0 Å². The van der Waals surface area contributed by atoms with E-state index in [2.05, 4.69) is 6.07 Å². The van der Waals surface area contributed by atoms with Gasteiger partial charge in [0, 0.05) is 5.56 Å². The number of aryl methyl sites for hydroxylation is 2. The summed E-state index contributed by atoms with van der Waals surface area (Å²) in [5, 5.41) is 8.87. The number of nitriles is 1. The Hall–Kier alpha value is -2.41. The molecule has 0 unspecified atom stereocenters. The fraction of sp³-hybridized carbons (Fsp3) is 0.188. The molecule has 0 amide bonds. The van der Waals surface area contributed by atoms with Crippen molar-refractivity contribution in [3.8, 4) is 11.8 Å². The van der Waals surface area contributed by atoms with E-state index in [-0.39, 0.29) is 12.2 Å². The number of halogens is 2. The van der Waals surface area contributed by atoms with Crippen LogP contribution in [-0.2, 0) is 6.61 Å². The summed E-state index contributed by atoms with van der Waals surface area (Å²) in [6.07, 6.45) is 0. The minimum absolute atomic E-state index is 0.0584. The summed E-state index contributed by atoms with van der Waals surface area (Å²) in [6, 6.07) is 9.44. The molecule has 0 fully saturated rings. The molecule has 0 aromatic heterocycles. The van der Waals surface area contributed by atoms with Crippen LogP contribution in [0.5, 0.6) is 5.75 Å². The van der Waals surface area contributed by atoms with Crippen molar-refractivity contribution in [2.45, 2.75) is 20.5 Å². The van der Waals surface area contributed by atoms with E-state index in [1.54, 1.807) is 12.1 Å². The molecule has 20 heavy (non-hydrogen) atoms. The molecule has 0 aliphatic carbocycles. The monoisotopic (exact) mass is 273 g/mol. The highest BCUT2D eigenvalue weighted by Gasteiger charge is 2.11. The van der Waals surface area contributed by atoms with Crippen LogP contribution >= 0.6 is 0 Å². The van der Waals surface area contributed by atoms with Gasteiger partial charge in [0.1, 0.15) is 12.4 Å². The van der Waals surface area contributed by atoms with Gasteiger partial charge in [0.2, 0.25) is 0 Å². The topological polar surface area (TPSA) is 33.0 Å². The molecule has 2 aromatic rings. The summed E-state index contributed by atoms with van der Waals surface area (Å²) in [4.78, 5) is 0.